The smallest absolute Gasteiger partial charge is 0.170 e. The topological polar surface area (TPSA) is 50.1 Å². The van der Waals surface area contributed by atoms with Crippen molar-refractivity contribution in [2.45, 2.75) is 13.0 Å². The van der Waals surface area contributed by atoms with E-state index in [9.17, 15) is 0 Å². The normalized spacial score (nSPS) is 16.0. The molecule has 26 heavy (non-hydrogen) atoms. The van der Waals surface area contributed by atoms with Gasteiger partial charge in [0.15, 0.2) is 5.82 Å². The van der Waals surface area contributed by atoms with Crippen LogP contribution in [0, 0.1) is 0 Å². The summed E-state index contributed by atoms with van der Waals surface area (Å²) in [6.45, 7) is 6.21. The van der Waals surface area contributed by atoms with Gasteiger partial charge in [-0.15, -0.1) is 5.10 Å². The summed E-state index contributed by atoms with van der Waals surface area (Å²) in [6, 6.07) is 20.8. The summed E-state index contributed by atoms with van der Waals surface area (Å²) in [5, 5.41) is 12.2. The van der Waals surface area contributed by atoms with Crippen molar-refractivity contribution in [1.82, 2.24) is 30.0 Å². The third kappa shape index (κ3) is 4.15. The van der Waals surface area contributed by atoms with E-state index in [1.165, 1.54) is 5.56 Å². The van der Waals surface area contributed by atoms with Crippen LogP contribution < -0.4 is 0 Å². The number of aromatic nitrogens is 4. The molecule has 0 spiro atoms. The van der Waals surface area contributed by atoms with E-state index in [4.69, 9.17) is 0 Å². The first-order valence-corrected chi connectivity index (χ1v) is 9.20. The molecular formula is C20H24N6. The Labute approximate surface area is 154 Å². The van der Waals surface area contributed by atoms with Crippen molar-refractivity contribution in [1.29, 1.82) is 0 Å². The van der Waals surface area contributed by atoms with Crippen molar-refractivity contribution in [3.63, 3.8) is 0 Å². The van der Waals surface area contributed by atoms with Crippen LogP contribution in [0.1, 0.15) is 11.4 Å². The van der Waals surface area contributed by atoms with Gasteiger partial charge >= 0.3 is 0 Å². The highest BCUT2D eigenvalue weighted by molar-refractivity contribution is 5.30. The number of para-hydroxylation sites is 1. The molecule has 3 aromatic rings. The number of rotatable bonds is 6. The van der Waals surface area contributed by atoms with Gasteiger partial charge in [0.25, 0.3) is 0 Å². The van der Waals surface area contributed by atoms with Crippen LogP contribution in [-0.2, 0) is 13.0 Å². The summed E-state index contributed by atoms with van der Waals surface area (Å²) in [5.41, 5.74) is 2.42. The fourth-order valence-electron chi connectivity index (χ4n) is 3.38. The van der Waals surface area contributed by atoms with Gasteiger partial charge < -0.3 is 4.90 Å². The lowest BCUT2D eigenvalue weighted by molar-refractivity contribution is 0.125. The molecule has 1 saturated heterocycles. The van der Waals surface area contributed by atoms with Crippen molar-refractivity contribution >= 4 is 0 Å². The number of hydrogen-bond acceptors (Lipinski definition) is 5. The van der Waals surface area contributed by atoms with Gasteiger partial charge in [0, 0.05) is 32.7 Å². The maximum absolute atomic E-state index is 4.23. The second-order valence-electron chi connectivity index (χ2n) is 6.70. The lowest BCUT2D eigenvalue weighted by Gasteiger charge is -2.34. The monoisotopic (exact) mass is 348 g/mol. The second-order valence-corrected chi connectivity index (χ2v) is 6.70. The van der Waals surface area contributed by atoms with Crippen LogP contribution in [0.4, 0.5) is 0 Å². The minimum absolute atomic E-state index is 0.786. The van der Waals surface area contributed by atoms with Gasteiger partial charge in [-0.25, -0.2) is 0 Å². The fourth-order valence-corrected chi connectivity index (χ4v) is 3.38. The van der Waals surface area contributed by atoms with E-state index in [-0.39, 0.29) is 0 Å². The van der Waals surface area contributed by atoms with Crippen molar-refractivity contribution in [2.75, 3.05) is 32.7 Å². The Kier molecular flexibility index (Phi) is 5.33. The van der Waals surface area contributed by atoms with Crippen molar-refractivity contribution in [2.24, 2.45) is 0 Å². The molecule has 0 atom stereocenters. The predicted octanol–water partition coefficient (Wildman–Crippen LogP) is 2.02. The molecule has 0 N–H and O–H groups in total. The zero-order valence-electron chi connectivity index (χ0n) is 14.9. The zero-order valence-corrected chi connectivity index (χ0v) is 14.9. The van der Waals surface area contributed by atoms with E-state index in [1.54, 1.807) is 0 Å². The van der Waals surface area contributed by atoms with Gasteiger partial charge in [0.1, 0.15) is 0 Å². The van der Waals surface area contributed by atoms with E-state index < -0.39 is 0 Å². The van der Waals surface area contributed by atoms with E-state index in [0.29, 0.717) is 0 Å². The number of tetrazole rings is 1. The Hall–Kier alpha value is -2.57. The van der Waals surface area contributed by atoms with Crippen LogP contribution in [0.2, 0.25) is 0 Å². The molecule has 1 aliphatic rings. The van der Waals surface area contributed by atoms with Gasteiger partial charge in [-0.2, -0.15) is 4.68 Å². The minimum atomic E-state index is 0.786. The van der Waals surface area contributed by atoms with E-state index in [0.717, 1.165) is 57.2 Å². The third-order valence-electron chi connectivity index (χ3n) is 4.92. The molecule has 0 aliphatic carbocycles. The molecule has 134 valence electrons. The van der Waals surface area contributed by atoms with Crippen LogP contribution in [-0.4, -0.2) is 62.7 Å². The summed E-state index contributed by atoms with van der Waals surface area (Å²) in [4.78, 5) is 4.98. The molecule has 1 fully saturated rings. The maximum atomic E-state index is 4.23. The summed E-state index contributed by atoms with van der Waals surface area (Å²) in [5.74, 6) is 0.897. The maximum Gasteiger partial charge on any atom is 0.170 e. The summed E-state index contributed by atoms with van der Waals surface area (Å²) in [7, 11) is 0. The third-order valence-corrected chi connectivity index (χ3v) is 4.92. The van der Waals surface area contributed by atoms with E-state index >= 15 is 0 Å². The standard InChI is InChI=1S/C20H24N6/c1-3-7-18(8-4-1)11-12-24-13-15-25(16-14-24)17-20-21-22-23-26(20)19-9-5-2-6-10-19/h1-10H,11-17H2. The van der Waals surface area contributed by atoms with Gasteiger partial charge in [-0.05, 0) is 34.5 Å². The molecule has 0 bridgehead atoms. The molecule has 6 heteroatoms. The predicted molar refractivity (Wildman–Crippen MR) is 101 cm³/mol. The molecular weight excluding hydrogens is 324 g/mol. The lowest BCUT2D eigenvalue weighted by Crippen LogP contribution is -2.46. The molecule has 0 radical (unpaired) electrons. The molecule has 4 rings (SSSR count). The van der Waals surface area contributed by atoms with Gasteiger partial charge in [-0.1, -0.05) is 48.5 Å². The lowest BCUT2D eigenvalue weighted by atomic mass is 10.1. The molecule has 0 saturated carbocycles. The molecule has 1 aliphatic heterocycles. The summed E-state index contributed by atoms with van der Waals surface area (Å²) in [6.07, 6.45) is 1.12. The van der Waals surface area contributed by atoms with Crippen LogP contribution in [0.25, 0.3) is 5.69 Å². The Morgan fingerprint density at radius 1 is 0.769 bits per heavy atom. The molecule has 0 amide bonds. The highest BCUT2D eigenvalue weighted by atomic mass is 15.5. The average Bonchev–Trinajstić information content (AvgIpc) is 3.17. The molecule has 2 aromatic carbocycles. The Balaban J connectivity index is 1.29. The summed E-state index contributed by atoms with van der Waals surface area (Å²) >= 11 is 0. The number of piperazine rings is 1. The van der Waals surface area contributed by atoms with Crippen LogP contribution in [0.3, 0.4) is 0 Å². The van der Waals surface area contributed by atoms with E-state index in [2.05, 4.69) is 55.7 Å². The number of hydrogen-bond donors (Lipinski definition) is 0. The minimum Gasteiger partial charge on any atom is -0.300 e. The van der Waals surface area contributed by atoms with Gasteiger partial charge in [0.05, 0.1) is 12.2 Å². The summed E-state index contributed by atoms with van der Waals surface area (Å²) < 4.78 is 1.84. The fraction of sp³-hybridized carbons (Fsp3) is 0.350. The molecule has 0 unspecified atom stereocenters. The van der Waals surface area contributed by atoms with Gasteiger partial charge in [-0.3, -0.25) is 4.90 Å². The average molecular weight is 348 g/mol. The molecule has 6 nitrogen and oxygen atoms in total. The van der Waals surface area contributed by atoms with E-state index in [1.807, 2.05) is 35.0 Å². The van der Waals surface area contributed by atoms with Crippen molar-refractivity contribution in [3.05, 3.63) is 72.1 Å². The highest BCUT2D eigenvalue weighted by Crippen LogP contribution is 2.11. The Morgan fingerprint density at radius 3 is 2.15 bits per heavy atom. The Morgan fingerprint density at radius 2 is 1.42 bits per heavy atom. The first kappa shape index (κ1) is 16.9. The van der Waals surface area contributed by atoms with Crippen molar-refractivity contribution in [3.8, 4) is 5.69 Å². The highest BCUT2D eigenvalue weighted by Gasteiger charge is 2.19. The SMILES string of the molecule is c1ccc(CCN2CCN(Cc3nnnn3-c3ccccc3)CC2)cc1. The molecule has 2 heterocycles. The van der Waals surface area contributed by atoms with Gasteiger partial charge in [0.2, 0.25) is 0 Å². The quantitative estimate of drug-likeness (QED) is 0.682. The Bertz CT molecular complexity index is 793. The van der Waals surface area contributed by atoms with Crippen molar-refractivity contribution < 1.29 is 0 Å². The number of benzene rings is 2. The van der Waals surface area contributed by atoms with Crippen LogP contribution in [0.5, 0.6) is 0 Å². The number of nitrogens with zero attached hydrogens (tertiary/aromatic N) is 6. The first-order chi connectivity index (χ1) is 12.9. The second kappa shape index (κ2) is 8.21. The van der Waals surface area contributed by atoms with Crippen LogP contribution >= 0.6 is 0 Å². The first-order valence-electron chi connectivity index (χ1n) is 9.20. The van der Waals surface area contributed by atoms with Crippen LogP contribution in [0.15, 0.2) is 60.7 Å². The molecule has 1 aromatic heterocycles. The zero-order chi connectivity index (χ0) is 17.6. The largest absolute Gasteiger partial charge is 0.300 e.